The Morgan fingerprint density at radius 3 is 1.87 bits per heavy atom. The third kappa shape index (κ3) is 3.88. The second-order valence-electron chi connectivity index (χ2n) is 5.40. The number of benzene rings is 1. The van der Waals surface area contributed by atoms with Crippen LogP contribution >= 0.6 is 15.9 Å². The first kappa shape index (κ1) is 19.1. The Kier molecular flexibility index (Phi) is 5.53. The number of esters is 1. The SMILES string of the molecule is CC(C)(C)OC(=O)[C@H](C#N)C(=O)c1c(F)c(F)c(Br)c(F)c1F. The lowest BCUT2D eigenvalue weighted by molar-refractivity contribution is -0.156. The maximum absolute atomic E-state index is 13.8. The molecule has 1 atom stereocenters. The average Bonchev–Trinajstić information content (AvgIpc) is 2.42. The molecule has 1 rings (SSSR count). The number of nitriles is 1. The Balaban J connectivity index is 3.39. The standard InChI is InChI=1S/C14H10BrF4NO3/c1-14(2,3)23-13(22)5(4-20)12(21)6-8(16)10(18)7(15)11(19)9(6)17/h5H,1-3H3/t5-/m1/s1. The van der Waals surface area contributed by atoms with E-state index in [-0.39, 0.29) is 0 Å². The van der Waals surface area contributed by atoms with E-state index in [2.05, 4.69) is 15.9 Å². The minimum absolute atomic E-state index is 1.08. The lowest BCUT2D eigenvalue weighted by Crippen LogP contribution is -2.33. The Morgan fingerprint density at radius 1 is 1.09 bits per heavy atom. The molecule has 1 aromatic rings. The molecule has 0 heterocycles. The molecule has 0 unspecified atom stereocenters. The quantitative estimate of drug-likeness (QED) is 0.195. The van der Waals surface area contributed by atoms with Gasteiger partial charge in [-0.15, -0.1) is 0 Å². The summed E-state index contributed by atoms with van der Waals surface area (Å²) in [7, 11) is 0. The molecule has 0 bridgehead atoms. The van der Waals surface area contributed by atoms with E-state index >= 15 is 0 Å². The summed E-state index contributed by atoms with van der Waals surface area (Å²) < 4.78 is 58.0. The van der Waals surface area contributed by atoms with Crippen molar-refractivity contribution in [3.8, 4) is 6.07 Å². The van der Waals surface area contributed by atoms with Gasteiger partial charge in [0.2, 0.25) is 5.92 Å². The van der Waals surface area contributed by atoms with Crippen LogP contribution in [-0.4, -0.2) is 17.4 Å². The van der Waals surface area contributed by atoms with Crippen LogP contribution in [-0.2, 0) is 9.53 Å². The smallest absolute Gasteiger partial charge is 0.331 e. The van der Waals surface area contributed by atoms with Crippen LogP contribution in [0.15, 0.2) is 4.47 Å². The largest absolute Gasteiger partial charge is 0.459 e. The number of halogens is 5. The van der Waals surface area contributed by atoms with Gasteiger partial charge in [-0.3, -0.25) is 9.59 Å². The molecule has 23 heavy (non-hydrogen) atoms. The van der Waals surface area contributed by atoms with Crippen molar-refractivity contribution >= 4 is 27.7 Å². The van der Waals surface area contributed by atoms with Gasteiger partial charge in [0.1, 0.15) is 5.60 Å². The van der Waals surface area contributed by atoms with E-state index in [1.165, 1.54) is 26.8 Å². The van der Waals surface area contributed by atoms with E-state index in [1.54, 1.807) is 0 Å². The molecule has 124 valence electrons. The molecule has 0 fully saturated rings. The van der Waals surface area contributed by atoms with E-state index in [4.69, 9.17) is 10.00 Å². The minimum Gasteiger partial charge on any atom is -0.459 e. The fraction of sp³-hybridized carbons (Fsp3) is 0.357. The van der Waals surface area contributed by atoms with Gasteiger partial charge < -0.3 is 4.74 Å². The van der Waals surface area contributed by atoms with E-state index in [0.717, 1.165) is 0 Å². The molecule has 1 aromatic carbocycles. The molecule has 0 saturated heterocycles. The van der Waals surface area contributed by atoms with Crippen molar-refractivity contribution < 1.29 is 31.9 Å². The molecular weight excluding hydrogens is 386 g/mol. The number of ketones is 1. The monoisotopic (exact) mass is 395 g/mol. The van der Waals surface area contributed by atoms with Crippen molar-refractivity contribution in [3.05, 3.63) is 33.3 Å². The zero-order valence-corrected chi connectivity index (χ0v) is 13.7. The van der Waals surface area contributed by atoms with E-state index in [1.807, 2.05) is 0 Å². The number of carbonyl (C=O) groups is 2. The maximum Gasteiger partial charge on any atom is 0.331 e. The third-order valence-electron chi connectivity index (χ3n) is 2.49. The first-order valence-corrected chi connectivity index (χ1v) is 6.89. The Labute approximate surface area is 137 Å². The van der Waals surface area contributed by atoms with E-state index in [9.17, 15) is 27.2 Å². The molecule has 9 heteroatoms. The van der Waals surface area contributed by atoms with Crippen molar-refractivity contribution in [2.24, 2.45) is 5.92 Å². The summed E-state index contributed by atoms with van der Waals surface area (Å²) in [6, 6.07) is 1.22. The van der Waals surface area contributed by atoms with E-state index in [0.29, 0.717) is 0 Å². The van der Waals surface area contributed by atoms with Gasteiger partial charge in [-0.2, -0.15) is 5.26 Å². The van der Waals surface area contributed by atoms with Crippen molar-refractivity contribution in [2.45, 2.75) is 26.4 Å². The summed E-state index contributed by atoms with van der Waals surface area (Å²) >= 11 is 2.29. The minimum atomic E-state index is -2.27. The Morgan fingerprint density at radius 2 is 1.52 bits per heavy atom. The number of Topliss-reactive ketones (excluding diaryl/α,β-unsaturated/α-hetero) is 1. The number of carbonyl (C=O) groups excluding carboxylic acids is 2. The number of rotatable bonds is 3. The molecule has 0 saturated carbocycles. The van der Waals surface area contributed by atoms with Crippen molar-refractivity contribution in [2.75, 3.05) is 0 Å². The summed E-state index contributed by atoms with van der Waals surface area (Å²) in [5.74, 6) is -13.1. The molecule has 0 aliphatic heterocycles. The fourth-order valence-electron chi connectivity index (χ4n) is 1.54. The average molecular weight is 396 g/mol. The van der Waals surface area contributed by atoms with Gasteiger partial charge in [-0.1, -0.05) is 0 Å². The molecule has 4 nitrogen and oxygen atoms in total. The number of hydrogen-bond acceptors (Lipinski definition) is 4. The Hall–Kier alpha value is -1.95. The van der Waals surface area contributed by atoms with Gasteiger partial charge in [0, 0.05) is 0 Å². The lowest BCUT2D eigenvalue weighted by Gasteiger charge is -2.21. The second-order valence-corrected chi connectivity index (χ2v) is 6.20. The van der Waals surface area contributed by atoms with Crippen LogP contribution < -0.4 is 0 Å². The normalized spacial score (nSPS) is 12.5. The summed E-state index contributed by atoms with van der Waals surface area (Å²) in [6.45, 7) is 4.30. The van der Waals surface area contributed by atoms with Crippen LogP contribution in [0.1, 0.15) is 31.1 Å². The van der Waals surface area contributed by atoms with Gasteiger partial charge in [-0.05, 0) is 36.7 Å². The zero-order valence-electron chi connectivity index (χ0n) is 12.1. The van der Waals surface area contributed by atoms with Crippen LogP contribution in [0, 0.1) is 40.5 Å². The maximum atomic E-state index is 13.8. The topological polar surface area (TPSA) is 67.2 Å². The summed E-state index contributed by atoms with van der Waals surface area (Å²) in [4.78, 5) is 23.8. The molecule has 0 amide bonds. The predicted molar refractivity (Wildman–Crippen MR) is 73.3 cm³/mol. The molecule has 0 aliphatic rings. The van der Waals surface area contributed by atoms with Crippen LogP contribution in [0.3, 0.4) is 0 Å². The first-order chi connectivity index (χ1) is 10.4. The summed E-state index contributed by atoms with van der Waals surface area (Å²) in [6.07, 6.45) is 0. The second kappa shape index (κ2) is 6.66. The molecule has 0 spiro atoms. The highest BCUT2D eigenvalue weighted by Crippen LogP contribution is 2.30. The molecule has 0 radical (unpaired) electrons. The first-order valence-electron chi connectivity index (χ1n) is 6.10. The van der Waals surface area contributed by atoms with Gasteiger partial charge in [0.25, 0.3) is 0 Å². The number of hydrogen-bond donors (Lipinski definition) is 0. The highest BCUT2D eigenvalue weighted by molar-refractivity contribution is 9.10. The van der Waals surface area contributed by atoms with Crippen LogP contribution in [0.5, 0.6) is 0 Å². The fourth-order valence-corrected chi connectivity index (χ4v) is 1.89. The van der Waals surface area contributed by atoms with Crippen LogP contribution in [0.25, 0.3) is 0 Å². The van der Waals surface area contributed by atoms with Crippen molar-refractivity contribution in [3.63, 3.8) is 0 Å². The van der Waals surface area contributed by atoms with E-state index < -0.39 is 56.6 Å². The summed E-state index contributed by atoms with van der Waals surface area (Å²) in [5.41, 5.74) is -2.74. The van der Waals surface area contributed by atoms with Crippen molar-refractivity contribution in [1.82, 2.24) is 0 Å². The number of ether oxygens (including phenoxy) is 1. The van der Waals surface area contributed by atoms with Gasteiger partial charge in [0.05, 0.1) is 16.1 Å². The lowest BCUT2D eigenvalue weighted by atomic mass is 9.97. The highest BCUT2D eigenvalue weighted by atomic mass is 79.9. The zero-order chi connectivity index (χ0) is 18.1. The van der Waals surface area contributed by atoms with Gasteiger partial charge >= 0.3 is 5.97 Å². The number of nitrogens with zero attached hydrogens (tertiary/aromatic N) is 1. The molecule has 0 aliphatic carbocycles. The molecule has 0 N–H and O–H groups in total. The summed E-state index contributed by atoms with van der Waals surface area (Å²) in [5, 5.41) is 8.89. The third-order valence-corrected chi connectivity index (χ3v) is 3.19. The van der Waals surface area contributed by atoms with Crippen LogP contribution in [0.2, 0.25) is 0 Å². The Bertz CT molecular complexity index is 693. The van der Waals surface area contributed by atoms with Crippen molar-refractivity contribution in [1.29, 1.82) is 5.26 Å². The molecule has 0 aromatic heterocycles. The predicted octanol–water partition coefficient (Wildman–Crippen LogP) is 3.67. The highest BCUT2D eigenvalue weighted by Gasteiger charge is 2.37. The van der Waals surface area contributed by atoms with Crippen LogP contribution in [0.4, 0.5) is 17.6 Å². The molecular formula is C14H10BrF4NO3. The van der Waals surface area contributed by atoms with Gasteiger partial charge in [-0.25, -0.2) is 17.6 Å². The van der Waals surface area contributed by atoms with Gasteiger partial charge in [0.15, 0.2) is 29.1 Å².